The largest absolute Gasteiger partial charge is 0.388 e. The molecule has 0 bridgehead atoms. The molecule has 0 saturated carbocycles. The van der Waals surface area contributed by atoms with Crippen molar-refractivity contribution in [3.8, 4) is 11.3 Å². The molecule has 0 radical (unpaired) electrons. The van der Waals surface area contributed by atoms with Gasteiger partial charge in [-0.1, -0.05) is 0 Å². The van der Waals surface area contributed by atoms with Gasteiger partial charge in [-0.3, -0.25) is 9.67 Å². The third-order valence-electron chi connectivity index (χ3n) is 7.53. The SMILES string of the molecule is Cc1c(-c2cc3cc(Nc4cc5n(n4)Cc4nccn4CC5)ncc3c(N)n2)cnc2c1[C@@H](O)CCC2. The Bertz CT molecular complexity index is 1670. The maximum absolute atomic E-state index is 10.6. The van der Waals surface area contributed by atoms with E-state index in [-0.39, 0.29) is 0 Å². The molecule has 0 fully saturated rings. The van der Waals surface area contributed by atoms with Crippen LogP contribution in [0.25, 0.3) is 22.0 Å². The van der Waals surface area contributed by atoms with Crippen LogP contribution >= 0.6 is 0 Å². The highest BCUT2D eigenvalue weighted by molar-refractivity contribution is 5.94. The molecule has 5 aromatic rings. The predicted octanol–water partition coefficient (Wildman–Crippen LogP) is 3.69. The van der Waals surface area contributed by atoms with Gasteiger partial charge in [0.15, 0.2) is 5.82 Å². The number of aliphatic hydroxyl groups is 1. The summed E-state index contributed by atoms with van der Waals surface area (Å²) in [5, 5.41) is 20.4. The number of imidazole rings is 1. The second kappa shape index (κ2) is 8.38. The number of nitrogens with zero attached hydrogens (tertiary/aromatic N) is 7. The quantitative estimate of drug-likeness (QED) is 0.347. The lowest BCUT2D eigenvalue weighted by atomic mass is 9.88. The van der Waals surface area contributed by atoms with Gasteiger partial charge >= 0.3 is 0 Å². The van der Waals surface area contributed by atoms with Crippen LogP contribution in [-0.2, 0) is 25.9 Å². The van der Waals surface area contributed by atoms with Crippen LogP contribution in [0.1, 0.15) is 47.3 Å². The van der Waals surface area contributed by atoms with Crippen molar-refractivity contribution in [1.29, 1.82) is 0 Å². The van der Waals surface area contributed by atoms with E-state index in [1.807, 2.05) is 42.3 Å². The highest BCUT2D eigenvalue weighted by atomic mass is 16.3. The first kappa shape index (κ1) is 21.9. The normalized spacial score (nSPS) is 16.6. The molecule has 10 nitrogen and oxygen atoms in total. The van der Waals surface area contributed by atoms with Gasteiger partial charge in [0.25, 0.3) is 0 Å². The first-order valence-corrected chi connectivity index (χ1v) is 12.6. The number of nitrogens with two attached hydrogens (primary N) is 1. The third kappa shape index (κ3) is 3.72. The van der Waals surface area contributed by atoms with Crippen LogP contribution in [0.5, 0.6) is 0 Å². The number of pyridine rings is 3. The molecule has 0 amide bonds. The van der Waals surface area contributed by atoms with Gasteiger partial charge in [0, 0.05) is 71.7 Å². The van der Waals surface area contributed by atoms with Crippen molar-refractivity contribution in [2.24, 2.45) is 0 Å². The summed E-state index contributed by atoms with van der Waals surface area (Å²) in [7, 11) is 0. The van der Waals surface area contributed by atoms with Crippen LogP contribution < -0.4 is 11.1 Å². The summed E-state index contributed by atoms with van der Waals surface area (Å²) in [6.07, 6.45) is 10.4. The van der Waals surface area contributed by atoms with E-state index in [0.29, 0.717) is 18.2 Å². The maximum atomic E-state index is 10.6. The fourth-order valence-corrected chi connectivity index (χ4v) is 5.61. The number of nitrogens with one attached hydrogen (secondary N) is 1. The van der Waals surface area contributed by atoms with Crippen LogP contribution in [0.4, 0.5) is 17.5 Å². The number of rotatable bonds is 3. The molecule has 0 aromatic carbocycles. The zero-order chi connectivity index (χ0) is 25.1. The summed E-state index contributed by atoms with van der Waals surface area (Å²) in [6, 6.07) is 6.04. The smallest absolute Gasteiger partial charge is 0.153 e. The zero-order valence-corrected chi connectivity index (χ0v) is 20.5. The first-order valence-electron chi connectivity index (χ1n) is 12.6. The Balaban J connectivity index is 1.22. The number of aromatic nitrogens is 7. The summed E-state index contributed by atoms with van der Waals surface area (Å²) >= 11 is 0. The topological polar surface area (TPSA) is 133 Å². The van der Waals surface area contributed by atoms with Gasteiger partial charge in [0.1, 0.15) is 17.5 Å². The van der Waals surface area contributed by atoms with Crippen LogP contribution in [0.15, 0.2) is 43.0 Å². The lowest BCUT2D eigenvalue weighted by molar-refractivity contribution is 0.155. The lowest BCUT2D eigenvalue weighted by Crippen LogP contribution is -2.13. The minimum atomic E-state index is -0.487. The molecule has 1 aliphatic heterocycles. The summed E-state index contributed by atoms with van der Waals surface area (Å²) in [5.41, 5.74) is 12.1. The highest BCUT2D eigenvalue weighted by Gasteiger charge is 2.24. The Hall–Kier alpha value is -4.31. The maximum Gasteiger partial charge on any atom is 0.153 e. The van der Waals surface area contributed by atoms with Gasteiger partial charge in [-0.05, 0) is 49.3 Å². The van der Waals surface area contributed by atoms with Gasteiger partial charge < -0.3 is 20.7 Å². The molecule has 1 aliphatic carbocycles. The molecule has 37 heavy (non-hydrogen) atoms. The predicted molar refractivity (Wildman–Crippen MR) is 140 cm³/mol. The van der Waals surface area contributed by atoms with E-state index >= 15 is 0 Å². The van der Waals surface area contributed by atoms with E-state index < -0.39 is 6.10 Å². The van der Waals surface area contributed by atoms with E-state index in [1.54, 1.807) is 6.20 Å². The molecule has 0 spiro atoms. The number of anilines is 3. The summed E-state index contributed by atoms with van der Waals surface area (Å²) in [6.45, 7) is 3.56. The molecule has 7 rings (SSSR count). The number of fused-ring (bicyclic) bond motifs is 4. The van der Waals surface area contributed by atoms with Gasteiger partial charge in [-0.25, -0.2) is 15.0 Å². The average molecular weight is 494 g/mol. The zero-order valence-electron chi connectivity index (χ0n) is 20.5. The summed E-state index contributed by atoms with van der Waals surface area (Å²) < 4.78 is 4.17. The molecule has 5 aromatic heterocycles. The fourth-order valence-electron chi connectivity index (χ4n) is 5.61. The second-order valence-corrected chi connectivity index (χ2v) is 9.84. The van der Waals surface area contributed by atoms with Crippen molar-refractivity contribution >= 4 is 28.2 Å². The summed E-state index contributed by atoms with van der Waals surface area (Å²) in [5.74, 6) is 2.84. The Morgan fingerprint density at radius 3 is 2.92 bits per heavy atom. The van der Waals surface area contributed by atoms with E-state index in [9.17, 15) is 5.11 Å². The van der Waals surface area contributed by atoms with Crippen LogP contribution in [0.3, 0.4) is 0 Å². The number of nitrogen functional groups attached to an aromatic ring is 1. The van der Waals surface area contributed by atoms with Crippen molar-refractivity contribution in [3.63, 3.8) is 0 Å². The van der Waals surface area contributed by atoms with Gasteiger partial charge in [0.05, 0.1) is 18.3 Å². The van der Waals surface area contributed by atoms with E-state index in [1.165, 1.54) is 0 Å². The Labute approximate surface area is 213 Å². The van der Waals surface area contributed by atoms with Crippen LogP contribution in [-0.4, -0.2) is 39.4 Å². The molecule has 0 unspecified atom stereocenters. The van der Waals surface area contributed by atoms with E-state index in [4.69, 9.17) is 10.8 Å². The van der Waals surface area contributed by atoms with Crippen molar-refractivity contribution in [1.82, 2.24) is 34.3 Å². The number of aliphatic hydroxyl groups excluding tert-OH is 1. The van der Waals surface area contributed by atoms with Crippen molar-refractivity contribution in [3.05, 3.63) is 71.3 Å². The molecular formula is C27H27N9O. The summed E-state index contributed by atoms with van der Waals surface area (Å²) in [4.78, 5) is 18.3. The van der Waals surface area contributed by atoms with E-state index in [2.05, 4.69) is 35.9 Å². The highest BCUT2D eigenvalue weighted by Crippen LogP contribution is 2.36. The molecule has 6 heterocycles. The molecule has 10 heteroatoms. The van der Waals surface area contributed by atoms with Gasteiger partial charge in [-0.15, -0.1) is 0 Å². The molecule has 0 saturated heterocycles. The van der Waals surface area contributed by atoms with Gasteiger partial charge in [0.2, 0.25) is 0 Å². The fraction of sp³-hybridized carbons (Fsp3) is 0.296. The average Bonchev–Trinajstić information content (AvgIpc) is 3.45. The molecule has 186 valence electrons. The minimum absolute atomic E-state index is 0.411. The lowest BCUT2D eigenvalue weighted by Gasteiger charge is -2.24. The number of hydrogen-bond donors (Lipinski definition) is 3. The Morgan fingerprint density at radius 2 is 2.00 bits per heavy atom. The van der Waals surface area contributed by atoms with Crippen LogP contribution in [0, 0.1) is 6.92 Å². The number of aryl methyl sites for hydroxylation is 3. The standard InChI is InChI=1S/C27H27N9O/c1-15-18(12-30-20-3-2-4-22(37)26(15)20)21-9-16-10-23(31-13-19(16)27(28)32-21)33-24-11-17-5-7-35-8-6-29-25(35)14-36(17)34-24/h6,8-13,22,37H,2-5,7,14H2,1H3,(H2,28,32)(H,31,33,34)/t22-/m0/s1. The van der Waals surface area contributed by atoms with Crippen LogP contribution in [0.2, 0.25) is 0 Å². The first-order chi connectivity index (χ1) is 18.0. The molecular weight excluding hydrogens is 466 g/mol. The molecule has 4 N–H and O–H groups in total. The Kier molecular flexibility index (Phi) is 4.97. The van der Waals surface area contributed by atoms with Crippen molar-refractivity contribution in [2.75, 3.05) is 11.1 Å². The molecule has 1 atom stereocenters. The molecule has 2 aliphatic rings. The van der Waals surface area contributed by atoms with Crippen molar-refractivity contribution in [2.45, 2.75) is 51.8 Å². The Morgan fingerprint density at radius 1 is 1.08 bits per heavy atom. The monoisotopic (exact) mass is 493 g/mol. The minimum Gasteiger partial charge on any atom is -0.388 e. The van der Waals surface area contributed by atoms with E-state index in [0.717, 1.165) is 88.4 Å². The second-order valence-electron chi connectivity index (χ2n) is 9.84. The third-order valence-corrected chi connectivity index (χ3v) is 7.53. The van der Waals surface area contributed by atoms with Crippen molar-refractivity contribution < 1.29 is 5.11 Å². The van der Waals surface area contributed by atoms with Gasteiger partial charge in [-0.2, -0.15) is 5.10 Å². The number of hydrogen-bond acceptors (Lipinski definition) is 8.